The standard InChI is InChI=1S/C20H25FN2O4/c21-16-6-4-15(5-7-16)18(25)23-12-8-14(9-13-23)17(24)22-20(19(26)27)10-2-1-3-11-20/h4-7,14H,1-3,8-13H2,(H,22,24)(H,26,27). The zero-order chi connectivity index (χ0) is 19.4. The van der Waals surface area contributed by atoms with Crippen molar-refractivity contribution in [3.63, 3.8) is 0 Å². The molecule has 27 heavy (non-hydrogen) atoms. The monoisotopic (exact) mass is 376 g/mol. The van der Waals surface area contributed by atoms with E-state index < -0.39 is 17.3 Å². The van der Waals surface area contributed by atoms with Gasteiger partial charge in [-0.25, -0.2) is 9.18 Å². The molecule has 0 atom stereocenters. The third kappa shape index (κ3) is 4.28. The molecular formula is C20H25FN2O4. The highest BCUT2D eigenvalue weighted by molar-refractivity contribution is 5.94. The molecule has 1 aromatic rings. The summed E-state index contributed by atoms with van der Waals surface area (Å²) in [5, 5.41) is 12.4. The molecule has 7 heteroatoms. The molecule has 1 heterocycles. The Balaban J connectivity index is 1.56. The number of carboxylic acids is 1. The first-order valence-corrected chi connectivity index (χ1v) is 9.51. The molecule has 0 bridgehead atoms. The van der Waals surface area contributed by atoms with Crippen molar-refractivity contribution in [3.05, 3.63) is 35.6 Å². The summed E-state index contributed by atoms with van der Waals surface area (Å²) in [5.41, 5.74) is -0.720. The fourth-order valence-electron chi connectivity index (χ4n) is 4.01. The van der Waals surface area contributed by atoms with Crippen LogP contribution in [0.15, 0.2) is 24.3 Å². The summed E-state index contributed by atoms with van der Waals surface area (Å²) in [6.45, 7) is 0.850. The maximum Gasteiger partial charge on any atom is 0.329 e. The molecule has 2 fully saturated rings. The fraction of sp³-hybridized carbons (Fsp3) is 0.550. The van der Waals surface area contributed by atoms with Crippen molar-refractivity contribution in [2.24, 2.45) is 5.92 Å². The van der Waals surface area contributed by atoms with Crippen molar-refractivity contribution in [2.45, 2.75) is 50.5 Å². The molecule has 0 spiro atoms. The van der Waals surface area contributed by atoms with Gasteiger partial charge in [-0.1, -0.05) is 19.3 Å². The number of benzene rings is 1. The SMILES string of the molecule is O=C(NC1(C(=O)O)CCCCC1)C1CCN(C(=O)c2ccc(F)cc2)CC1. The number of nitrogens with zero attached hydrogens (tertiary/aromatic N) is 1. The minimum Gasteiger partial charge on any atom is -0.480 e. The third-order valence-electron chi connectivity index (χ3n) is 5.72. The molecule has 1 saturated carbocycles. The van der Waals surface area contributed by atoms with Crippen molar-refractivity contribution >= 4 is 17.8 Å². The Kier molecular flexibility index (Phi) is 5.77. The molecule has 1 aliphatic carbocycles. The lowest BCUT2D eigenvalue weighted by Gasteiger charge is -2.37. The summed E-state index contributed by atoms with van der Waals surface area (Å²) in [5.74, 6) is -2.05. The summed E-state index contributed by atoms with van der Waals surface area (Å²) in [7, 11) is 0. The molecule has 0 aromatic heterocycles. The van der Waals surface area contributed by atoms with E-state index in [1.165, 1.54) is 24.3 Å². The maximum absolute atomic E-state index is 13.0. The lowest BCUT2D eigenvalue weighted by Crippen LogP contribution is -2.57. The number of hydrogen-bond acceptors (Lipinski definition) is 3. The molecule has 0 unspecified atom stereocenters. The van der Waals surface area contributed by atoms with Crippen LogP contribution in [0.2, 0.25) is 0 Å². The Labute approximate surface area is 157 Å². The van der Waals surface area contributed by atoms with Crippen molar-refractivity contribution in [1.29, 1.82) is 0 Å². The van der Waals surface area contributed by atoms with Gasteiger partial charge in [-0.2, -0.15) is 0 Å². The number of piperidine rings is 1. The topological polar surface area (TPSA) is 86.7 Å². The smallest absolute Gasteiger partial charge is 0.329 e. The van der Waals surface area contributed by atoms with Crippen LogP contribution < -0.4 is 5.32 Å². The van der Waals surface area contributed by atoms with Crippen LogP contribution >= 0.6 is 0 Å². The van der Waals surface area contributed by atoms with Crippen LogP contribution in [0, 0.1) is 11.7 Å². The van der Waals surface area contributed by atoms with Gasteiger partial charge in [0.25, 0.3) is 5.91 Å². The van der Waals surface area contributed by atoms with Gasteiger partial charge in [0.1, 0.15) is 11.4 Å². The Morgan fingerprint density at radius 2 is 1.63 bits per heavy atom. The van der Waals surface area contributed by atoms with E-state index in [0.717, 1.165) is 19.3 Å². The zero-order valence-corrected chi connectivity index (χ0v) is 15.2. The van der Waals surface area contributed by atoms with E-state index >= 15 is 0 Å². The molecule has 2 N–H and O–H groups in total. The molecule has 1 aromatic carbocycles. The van der Waals surface area contributed by atoms with Crippen molar-refractivity contribution in [1.82, 2.24) is 10.2 Å². The summed E-state index contributed by atoms with van der Waals surface area (Å²) >= 11 is 0. The van der Waals surface area contributed by atoms with E-state index in [-0.39, 0.29) is 17.7 Å². The molecule has 1 aliphatic heterocycles. The van der Waals surface area contributed by atoms with Gasteiger partial charge in [-0.15, -0.1) is 0 Å². The van der Waals surface area contributed by atoms with E-state index in [4.69, 9.17) is 0 Å². The van der Waals surface area contributed by atoms with E-state index in [1.54, 1.807) is 4.90 Å². The predicted octanol–water partition coefficient (Wildman–Crippen LogP) is 2.58. The molecule has 0 radical (unpaired) electrons. The Morgan fingerprint density at radius 3 is 2.19 bits per heavy atom. The summed E-state index contributed by atoms with van der Waals surface area (Å²) < 4.78 is 13.0. The van der Waals surface area contributed by atoms with Crippen LogP contribution in [-0.4, -0.2) is 46.4 Å². The van der Waals surface area contributed by atoms with Crippen molar-refractivity contribution < 1.29 is 23.9 Å². The van der Waals surface area contributed by atoms with Gasteiger partial charge in [0.2, 0.25) is 5.91 Å². The maximum atomic E-state index is 13.0. The number of carbonyl (C=O) groups is 3. The number of halogens is 1. The van der Waals surface area contributed by atoms with E-state index in [9.17, 15) is 23.9 Å². The number of likely N-dealkylation sites (tertiary alicyclic amines) is 1. The van der Waals surface area contributed by atoms with Gasteiger partial charge < -0.3 is 15.3 Å². The Hall–Kier alpha value is -2.44. The molecule has 2 amide bonds. The first-order chi connectivity index (χ1) is 12.9. The third-order valence-corrected chi connectivity index (χ3v) is 5.72. The number of nitrogens with one attached hydrogen (secondary N) is 1. The number of rotatable bonds is 4. The summed E-state index contributed by atoms with van der Waals surface area (Å²) in [4.78, 5) is 38.5. The van der Waals surface area contributed by atoms with Gasteiger partial charge in [0.15, 0.2) is 0 Å². The van der Waals surface area contributed by atoms with Gasteiger partial charge in [0, 0.05) is 24.6 Å². The first kappa shape index (κ1) is 19.3. The second-order valence-corrected chi connectivity index (χ2v) is 7.51. The average Bonchev–Trinajstić information content (AvgIpc) is 2.69. The second kappa shape index (κ2) is 8.06. The van der Waals surface area contributed by atoms with Crippen LogP contribution in [0.3, 0.4) is 0 Å². The highest BCUT2D eigenvalue weighted by Crippen LogP contribution is 2.30. The van der Waals surface area contributed by atoms with Crippen molar-refractivity contribution in [3.8, 4) is 0 Å². The fourth-order valence-corrected chi connectivity index (χ4v) is 4.01. The average molecular weight is 376 g/mol. The minimum atomic E-state index is -1.14. The van der Waals surface area contributed by atoms with E-state index in [2.05, 4.69) is 5.32 Å². The Morgan fingerprint density at radius 1 is 1.04 bits per heavy atom. The van der Waals surface area contributed by atoms with Crippen LogP contribution in [0.1, 0.15) is 55.3 Å². The van der Waals surface area contributed by atoms with Gasteiger partial charge >= 0.3 is 5.97 Å². The van der Waals surface area contributed by atoms with E-state index in [0.29, 0.717) is 44.3 Å². The van der Waals surface area contributed by atoms with Crippen LogP contribution in [0.4, 0.5) is 4.39 Å². The van der Waals surface area contributed by atoms with Gasteiger partial charge in [-0.05, 0) is 49.9 Å². The highest BCUT2D eigenvalue weighted by Gasteiger charge is 2.42. The quantitative estimate of drug-likeness (QED) is 0.846. The molecule has 6 nitrogen and oxygen atoms in total. The predicted molar refractivity (Wildman–Crippen MR) is 96.6 cm³/mol. The summed E-state index contributed by atoms with van der Waals surface area (Å²) in [6, 6.07) is 5.41. The van der Waals surface area contributed by atoms with Crippen LogP contribution in [-0.2, 0) is 9.59 Å². The lowest BCUT2D eigenvalue weighted by molar-refractivity contribution is -0.150. The number of carboxylic acid groups (broad SMARTS) is 1. The van der Waals surface area contributed by atoms with E-state index in [1.807, 2.05) is 0 Å². The van der Waals surface area contributed by atoms with Gasteiger partial charge in [-0.3, -0.25) is 9.59 Å². The summed E-state index contributed by atoms with van der Waals surface area (Å²) in [6.07, 6.45) is 4.53. The molecule has 2 aliphatic rings. The Bertz CT molecular complexity index is 705. The number of amides is 2. The number of aliphatic carboxylic acids is 1. The first-order valence-electron chi connectivity index (χ1n) is 9.51. The van der Waals surface area contributed by atoms with Gasteiger partial charge in [0.05, 0.1) is 0 Å². The van der Waals surface area contributed by atoms with Crippen LogP contribution in [0.5, 0.6) is 0 Å². The largest absolute Gasteiger partial charge is 0.480 e. The number of carbonyl (C=O) groups excluding carboxylic acids is 2. The lowest BCUT2D eigenvalue weighted by atomic mass is 9.81. The zero-order valence-electron chi connectivity index (χ0n) is 15.2. The molecule has 146 valence electrons. The minimum absolute atomic E-state index is 0.178. The molecular weight excluding hydrogens is 351 g/mol. The normalized spacial score (nSPS) is 20.1. The molecule has 3 rings (SSSR count). The highest BCUT2D eigenvalue weighted by atomic mass is 19.1. The second-order valence-electron chi connectivity index (χ2n) is 7.51. The van der Waals surface area contributed by atoms with Crippen molar-refractivity contribution in [2.75, 3.05) is 13.1 Å². The van der Waals surface area contributed by atoms with Crippen LogP contribution in [0.25, 0.3) is 0 Å². The number of hydrogen-bond donors (Lipinski definition) is 2. The molecule has 1 saturated heterocycles.